The topological polar surface area (TPSA) is 94.1 Å². The van der Waals surface area contributed by atoms with E-state index >= 15 is 0 Å². The van der Waals surface area contributed by atoms with E-state index in [0.717, 1.165) is 29.9 Å². The first-order valence-corrected chi connectivity index (χ1v) is 9.99. The third-order valence-electron chi connectivity index (χ3n) is 4.92. The molecule has 27 heavy (non-hydrogen) atoms. The number of para-hydroxylation sites is 1. The summed E-state index contributed by atoms with van der Waals surface area (Å²) in [6, 6.07) is 8.02. The number of hydrogen-bond acceptors (Lipinski definition) is 5. The van der Waals surface area contributed by atoms with Crippen molar-refractivity contribution in [1.29, 1.82) is 0 Å². The van der Waals surface area contributed by atoms with Crippen LogP contribution in [0.1, 0.15) is 31.2 Å². The Labute approximate surface area is 163 Å². The Hall–Kier alpha value is -2.35. The van der Waals surface area contributed by atoms with Crippen LogP contribution in [0.5, 0.6) is 0 Å². The molecule has 1 aliphatic rings. The predicted octanol–water partition coefficient (Wildman–Crippen LogP) is 2.09. The molecule has 144 valence electrons. The summed E-state index contributed by atoms with van der Waals surface area (Å²) in [7, 11) is 0. The van der Waals surface area contributed by atoms with Gasteiger partial charge in [-0.05, 0) is 45.2 Å². The van der Waals surface area contributed by atoms with Crippen molar-refractivity contribution in [2.45, 2.75) is 44.0 Å². The summed E-state index contributed by atoms with van der Waals surface area (Å²) in [5, 5.41) is 8.83. The molecule has 0 saturated carbocycles. The van der Waals surface area contributed by atoms with Crippen LogP contribution in [0, 0.1) is 19.8 Å². The van der Waals surface area contributed by atoms with E-state index in [9.17, 15) is 9.59 Å². The van der Waals surface area contributed by atoms with Gasteiger partial charge in [-0.25, -0.2) is 0 Å². The lowest BCUT2D eigenvalue weighted by molar-refractivity contribution is -0.134. The molecule has 0 spiro atoms. The van der Waals surface area contributed by atoms with Crippen LogP contribution in [0.4, 0.5) is 0 Å². The third kappa shape index (κ3) is 4.16. The molecule has 7 nitrogen and oxygen atoms in total. The van der Waals surface area contributed by atoms with Gasteiger partial charge >= 0.3 is 0 Å². The minimum atomic E-state index is -0.331. The molecule has 2 aromatic rings. The average Bonchev–Trinajstić information content (AvgIpc) is 3.01. The van der Waals surface area contributed by atoms with Gasteiger partial charge in [0.05, 0.1) is 16.9 Å². The van der Waals surface area contributed by atoms with Gasteiger partial charge in [-0.3, -0.25) is 14.2 Å². The van der Waals surface area contributed by atoms with E-state index in [1.165, 1.54) is 11.8 Å². The molecular weight excluding hydrogens is 362 g/mol. The predicted molar refractivity (Wildman–Crippen MR) is 105 cm³/mol. The van der Waals surface area contributed by atoms with E-state index in [1.54, 1.807) is 4.90 Å². The minimum absolute atomic E-state index is 0.00272. The van der Waals surface area contributed by atoms with Crippen molar-refractivity contribution in [3.8, 4) is 5.69 Å². The number of benzene rings is 1. The van der Waals surface area contributed by atoms with Crippen LogP contribution < -0.4 is 5.73 Å². The number of aryl methyl sites for hydroxylation is 2. The van der Waals surface area contributed by atoms with Crippen molar-refractivity contribution in [1.82, 2.24) is 19.7 Å². The lowest BCUT2D eigenvalue weighted by Crippen LogP contribution is -2.46. The number of carbonyl (C=O) groups is 2. The fourth-order valence-electron chi connectivity index (χ4n) is 3.39. The molecule has 1 saturated heterocycles. The van der Waals surface area contributed by atoms with Gasteiger partial charge in [0, 0.05) is 13.1 Å². The maximum atomic E-state index is 12.9. The first-order valence-electron chi connectivity index (χ1n) is 9.11. The average molecular weight is 388 g/mol. The number of likely N-dealkylation sites (tertiary alicyclic amines) is 1. The molecule has 8 heteroatoms. The Kier molecular flexibility index (Phi) is 5.84. The molecule has 2 unspecified atom stereocenters. The number of piperidine rings is 1. The Morgan fingerprint density at radius 2 is 2.00 bits per heavy atom. The molecule has 1 aromatic carbocycles. The molecule has 0 bridgehead atoms. The van der Waals surface area contributed by atoms with E-state index < -0.39 is 0 Å². The normalized spacial score (nSPS) is 18.3. The van der Waals surface area contributed by atoms with Gasteiger partial charge in [-0.1, -0.05) is 30.0 Å². The highest BCUT2D eigenvalue weighted by atomic mass is 32.2. The number of nitrogens with zero attached hydrogens (tertiary/aromatic N) is 4. The number of thioether (sulfide) groups is 1. The van der Waals surface area contributed by atoms with Crippen molar-refractivity contribution in [3.05, 3.63) is 35.7 Å². The zero-order valence-electron chi connectivity index (χ0n) is 15.9. The van der Waals surface area contributed by atoms with Crippen LogP contribution in [-0.2, 0) is 9.59 Å². The molecule has 0 aliphatic carbocycles. The van der Waals surface area contributed by atoms with Gasteiger partial charge in [-0.15, -0.1) is 10.2 Å². The lowest BCUT2D eigenvalue weighted by Gasteiger charge is -2.32. The van der Waals surface area contributed by atoms with Crippen molar-refractivity contribution >= 4 is 23.6 Å². The van der Waals surface area contributed by atoms with Crippen LogP contribution in [0.15, 0.2) is 29.4 Å². The smallest absolute Gasteiger partial charge is 0.235 e. The summed E-state index contributed by atoms with van der Waals surface area (Å²) in [4.78, 5) is 26.1. The van der Waals surface area contributed by atoms with Gasteiger partial charge in [-0.2, -0.15) is 0 Å². The maximum Gasteiger partial charge on any atom is 0.235 e. The number of carbonyl (C=O) groups excluding carboxylic acids is 2. The van der Waals surface area contributed by atoms with Crippen LogP contribution >= 0.6 is 11.8 Å². The van der Waals surface area contributed by atoms with E-state index in [-0.39, 0.29) is 23.0 Å². The molecule has 2 amide bonds. The summed E-state index contributed by atoms with van der Waals surface area (Å²) in [5.41, 5.74) is 7.55. The zero-order valence-corrected chi connectivity index (χ0v) is 16.7. The van der Waals surface area contributed by atoms with E-state index in [4.69, 9.17) is 5.73 Å². The molecule has 2 atom stereocenters. The molecule has 1 aliphatic heterocycles. The number of aromatic nitrogens is 3. The number of hydrogen-bond donors (Lipinski definition) is 1. The zero-order chi connectivity index (χ0) is 19.6. The summed E-state index contributed by atoms with van der Waals surface area (Å²) >= 11 is 1.39. The Balaban J connectivity index is 1.77. The second-order valence-corrected chi connectivity index (χ2v) is 8.25. The lowest BCUT2D eigenvalue weighted by atomic mass is 9.97. The van der Waals surface area contributed by atoms with Crippen molar-refractivity contribution in [2.24, 2.45) is 11.7 Å². The monoisotopic (exact) mass is 387 g/mol. The standard InChI is InChI=1S/C19H25N5O2S/c1-12-7-4-5-9-16(12)24-14(3)21-22-19(24)27-13(2)18(26)23-10-6-8-15(11-23)17(20)25/h4-5,7,9,13,15H,6,8,10-11H2,1-3H3,(H2,20,25). The van der Waals surface area contributed by atoms with Crippen LogP contribution in [0.25, 0.3) is 5.69 Å². The fraction of sp³-hybridized carbons (Fsp3) is 0.474. The largest absolute Gasteiger partial charge is 0.369 e. The van der Waals surface area contributed by atoms with Crippen LogP contribution in [-0.4, -0.2) is 49.8 Å². The Morgan fingerprint density at radius 3 is 2.70 bits per heavy atom. The minimum Gasteiger partial charge on any atom is -0.369 e. The number of rotatable bonds is 5. The SMILES string of the molecule is Cc1ccccc1-n1c(C)nnc1SC(C)C(=O)N1CCCC(C(N)=O)C1. The van der Waals surface area contributed by atoms with E-state index in [2.05, 4.69) is 10.2 Å². The number of primary amides is 1. The second kappa shape index (κ2) is 8.12. The van der Waals surface area contributed by atoms with Gasteiger partial charge < -0.3 is 10.6 Å². The molecule has 1 fully saturated rings. The van der Waals surface area contributed by atoms with Crippen molar-refractivity contribution in [2.75, 3.05) is 13.1 Å². The van der Waals surface area contributed by atoms with Crippen molar-refractivity contribution < 1.29 is 9.59 Å². The quantitative estimate of drug-likeness (QED) is 0.793. The van der Waals surface area contributed by atoms with E-state index in [0.29, 0.717) is 18.2 Å². The summed E-state index contributed by atoms with van der Waals surface area (Å²) in [6.45, 7) is 6.88. The molecule has 0 radical (unpaired) electrons. The van der Waals surface area contributed by atoms with Crippen LogP contribution in [0.2, 0.25) is 0 Å². The molecule has 1 aromatic heterocycles. The fourth-order valence-corrected chi connectivity index (χ4v) is 4.38. The summed E-state index contributed by atoms with van der Waals surface area (Å²) < 4.78 is 1.98. The van der Waals surface area contributed by atoms with Gasteiger partial charge in [0.1, 0.15) is 5.82 Å². The Bertz CT molecular complexity index is 850. The third-order valence-corrected chi connectivity index (χ3v) is 5.95. The molecular formula is C19H25N5O2S. The first-order chi connectivity index (χ1) is 12.9. The Morgan fingerprint density at radius 1 is 1.26 bits per heavy atom. The molecule has 3 rings (SSSR count). The van der Waals surface area contributed by atoms with Crippen LogP contribution in [0.3, 0.4) is 0 Å². The first kappa shape index (κ1) is 19.4. The summed E-state index contributed by atoms with van der Waals surface area (Å²) in [5.74, 6) is 0.196. The van der Waals surface area contributed by atoms with E-state index in [1.807, 2.05) is 49.6 Å². The second-order valence-electron chi connectivity index (χ2n) is 6.94. The van der Waals surface area contributed by atoms with Crippen molar-refractivity contribution in [3.63, 3.8) is 0 Å². The van der Waals surface area contributed by atoms with Gasteiger partial charge in [0.25, 0.3) is 0 Å². The number of amides is 2. The van der Waals surface area contributed by atoms with Gasteiger partial charge in [0.2, 0.25) is 11.8 Å². The van der Waals surface area contributed by atoms with Gasteiger partial charge in [0.15, 0.2) is 5.16 Å². The summed E-state index contributed by atoms with van der Waals surface area (Å²) in [6.07, 6.45) is 1.55. The highest BCUT2D eigenvalue weighted by Crippen LogP contribution is 2.28. The highest BCUT2D eigenvalue weighted by molar-refractivity contribution is 8.00. The molecule has 2 N–H and O–H groups in total. The highest BCUT2D eigenvalue weighted by Gasteiger charge is 2.30. The molecule has 2 heterocycles. The maximum absolute atomic E-state index is 12.9. The number of nitrogens with two attached hydrogens (primary N) is 1.